The number of sulfonamides is 1. The van der Waals surface area contributed by atoms with E-state index in [1.165, 1.54) is 4.90 Å². The maximum Gasteiger partial charge on any atom is 0.407 e. The fraction of sp³-hybridized carbons (Fsp3) is 0.571. The summed E-state index contributed by atoms with van der Waals surface area (Å²) in [4.78, 5) is 78.1. The van der Waals surface area contributed by atoms with Crippen molar-refractivity contribution in [1.29, 1.82) is 0 Å². The van der Waals surface area contributed by atoms with Gasteiger partial charge in [0.05, 0.1) is 17.6 Å². The Morgan fingerprint density at radius 1 is 0.982 bits per heavy atom. The highest BCUT2D eigenvalue weighted by Crippen LogP contribution is 2.47. The van der Waals surface area contributed by atoms with Gasteiger partial charge in [-0.2, -0.15) is 0 Å². The summed E-state index contributed by atoms with van der Waals surface area (Å²) in [5, 5.41) is 5.07. The Hall–Kier alpha value is -4.79. The fourth-order valence-corrected chi connectivity index (χ4v) is 9.67. The standard InChI is InChI=1S/C42H54N6O8S/c1-26-15-17-27(18-16-26)32-13-10-14-33(43-32)37(50)47-22-28-23-48-35(31(28)24-47)36(49)45-42(39(52)46-57(54,55)30-19-20-30)21-29(42)11-8-6-5-7-9-12-34(38(48)51)44-40(53)56-25-41(2,3)4/h8,10-11,13-18,28-31,34-35H,5-7,9,12,19-25H2,1-4H3,(H,44,53)(H,45,49)(H,46,52)/b11-8-/t28-,29-,31-,34-,35-,42+/m0/s1. The van der Waals surface area contributed by atoms with Crippen molar-refractivity contribution in [3.05, 3.63) is 65.9 Å². The number of aryl methyl sites for hydroxylation is 1. The number of hydrogen-bond donors (Lipinski definition) is 3. The summed E-state index contributed by atoms with van der Waals surface area (Å²) in [5.74, 6) is -3.40. The lowest BCUT2D eigenvalue weighted by molar-refractivity contribution is -0.142. The molecule has 14 nitrogen and oxygen atoms in total. The van der Waals surface area contributed by atoms with E-state index in [1.54, 1.807) is 17.0 Å². The van der Waals surface area contributed by atoms with E-state index in [0.29, 0.717) is 37.8 Å². The van der Waals surface area contributed by atoms with Gasteiger partial charge in [0.1, 0.15) is 23.3 Å². The van der Waals surface area contributed by atoms with Crippen molar-refractivity contribution in [2.75, 3.05) is 26.2 Å². The first-order chi connectivity index (χ1) is 27.0. The first-order valence-electron chi connectivity index (χ1n) is 20.2. The van der Waals surface area contributed by atoms with Gasteiger partial charge in [0.15, 0.2) is 0 Å². The number of rotatable bonds is 7. The number of nitrogens with one attached hydrogen (secondary N) is 3. The van der Waals surface area contributed by atoms with Gasteiger partial charge in [0.25, 0.3) is 11.8 Å². The minimum Gasteiger partial charge on any atom is -0.449 e. The summed E-state index contributed by atoms with van der Waals surface area (Å²) in [6.07, 6.45) is 7.44. The first kappa shape index (κ1) is 40.4. The van der Waals surface area contributed by atoms with Gasteiger partial charge in [-0.05, 0) is 63.0 Å². The molecule has 0 unspecified atom stereocenters. The summed E-state index contributed by atoms with van der Waals surface area (Å²) < 4.78 is 33.6. The number of hydrogen-bond acceptors (Lipinski definition) is 9. The molecule has 5 amide bonds. The van der Waals surface area contributed by atoms with Crippen LogP contribution in [0.2, 0.25) is 0 Å². The molecule has 15 heteroatoms. The van der Waals surface area contributed by atoms with Crippen molar-refractivity contribution in [3.63, 3.8) is 0 Å². The number of pyridine rings is 1. The minimum absolute atomic E-state index is 0.135. The van der Waals surface area contributed by atoms with E-state index in [4.69, 9.17) is 4.74 Å². The van der Waals surface area contributed by atoms with Crippen LogP contribution in [0, 0.1) is 30.1 Å². The molecule has 1 aromatic carbocycles. The fourth-order valence-electron chi connectivity index (χ4n) is 8.30. The number of aromatic nitrogens is 1. The number of benzene rings is 1. The summed E-state index contributed by atoms with van der Waals surface area (Å²) in [5.41, 5.74) is 1.06. The number of likely N-dealkylation sites (tertiary alicyclic amines) is 1. The molecule has 1 aromatic heterocycles. The lowest BCUT2D eigenvalue weighted by Crippen LogP contribution is -2.60. The average molecular weight is 803 g/mol. The second-order valence-corrected chi connectivity index (χ2v) is 19.7. The molecule has 4 heterocycles. The number of ether oxygens (including phenoxy) is 1. The maximum atomic E-state index is 14.7. The van der Waals surface area contributed by atoms with Gasteiger partial charge in [-0.1, -0.05) is 81.7 Å². The molecule has 4 fully saturated rings. The van der Waals surface area contributed by atoms with E-state index in [1.807, 2.05) is 70.2 Å². The number of carbonyl (C=O) groups is 5. The quantitative estimate of drug-likeness (QED) is 0.347. The topological polar surface area (TPSA) is 184 Å². The van der Waals surface area contributed by atoms with Crippen LogP contribution in [0.4, 0.5) is 4.79 Å². The third-order valence-corrected chi connectivity index (χ3v) is 13.6. The Kier molecular flexibility index (Phi) is 11.2. The van der Waals surface area contributed by atoms with Crippen LogP contribution in [0.5, 0.6) is 0 Å². The molecule has 2 aromatic rings. The number of fused-ring (bicyclic) bond motifs is 4. The molecule has 0 bridgehead atoms. The Morgan fingerprint density at radius 2 is 1.74 bits per heavy atom. The molecule has 2 aliphatic carbocycles. The molecule has 57 heavy (non-hydrogen) atoms. The van der Waals surface area contributed by atoms with Gasteiger partial charge in [-0.15, -0.1) is 0 Å². The van der Waals surface area contributed by atoms with Crippen LogP contribution < -0.4 is 15.4 Å². The molecule has 0 spiro atoms. The van der Waals surface area contributed by atoms with Crippen LogP contribution in [0.1, 0.15) is 88.2 Å². The molecule has 5 aliphatic rings. The van der Waals surface area contributed by atoms with Gasteiger partial charge in [0.2, 0.25) is 21.8 Å². The van der Waals surface area contributed by atoms with Crippen molar-refractivity contribution in [2.45, 2.75) is 102 Å². The minimum atomic E-state index is -3.91. The first-order valence-corrected chi connectivity index (χ1v) is 21.7. The number of carbonyl (C=O) groups excluding carboxylic acids is 5. The van der Waals surface area contributed by atoms with E-state index in [2.05, 4.69) is 20.3 Å². The molecule has 7 rings (SSSR count). The van der Waals surface area contributed by atoms with Crippen LogP contribution in [-0.4, -0.2) is 102 Å². The van der Waals surface area contributed by atoms with Crippen molar-refractivity contribution in [2.24, 2.45) is 23.2 Å². The van der Waals surface area contributed by atoms with Gasteiger partial charge in [-0.25, -0.2) is 18.2 Å². The third-order valence-electron chi connectivity index (χ3n) is 11.7. The Bertz CT molecular complexity index is 2040. The predicted molar refractivity (Wildman–Crippen MR) is 212 cm³/mol. The average Bonchev–Trinajstić information content (AvgIpc) is 4.06. The van der Waals surface area contributed by atoms with Crippen LogP contribution in [-0.2, 0) is 29.1 Å². The number of nitrogens with zero attached hydrogens (tertiary/aromatic N) is 3. The maximum absolute atomic E-state index is 14.7. The number of amides is 5. The summed E-state index contributed by atoms with van der Waals surface area (Å²) in [6, 6.07) is 11.1. The Balaban J connectivity index is 1.17. The van der Waals surface area contributed by atoms with Crippen LogP contribution in [0.25, 0.3) is 11.3 Å². The second-order valence-electron chi connectivity index (χ2n) is 17.7. The lowest BCUT2D eigenvalue weighted by atomic mass is 9.93. The van der Waals surface area contributed by atoms with E-state index >= 15 is 0 Å². The molecule has 306 valence electrons. The number of alkyl carbamates (subject to hydrolysis) is 1. The van der Waals surface area contributed by atoms with Gasteiger partial charge in [0, 0.05) is 43.0 Å². The highest BCUT2D eigenvalue weighted by molar-refractivity contribution is 7.91. The highest BCUT2D eigenvalue weighted by Gasteiger charge is 2.63. The van der Waals surface area contributed by atoms with Crippen LogP contribution >= 0.6 is 0 Å². The van der Waals surface area contributed by atoms with Crippen molar-refractivity contribution in [1.82, 2.24) is 30.1 Å². The second kappa shape index (κ2) is 15.9. The molecule has 2 saturated carbocycles. The molecule has 2 saturated heterocycles. The van der Waals surface area contributed by atoms with Gasteiger partial charge >= 0.3 is 6.09 Å². The largest absolute Gasteiger partial charge is 0.449 e. The van der Waals surface area contributed by atoms with E-state index < -0.39 is 68.5 Å². The highest BCUT2D eigenvalue weighted by atomic mass is 32.2. The molecule has 3 N–H and O–H groups in total. The predicted octanol–water partition coefficient (Wildman–Crippen LogP) is 4.10. The Labute approximate surface area is 334 Å². The van der Waals surface area contributed by atoms with Crippen molar-refractivity contribution in [3.8, 4) is 11.3 Å². The van der Waals surface area contributed by atoms with Gasteiger partial charge < -0.3 is 25.2 Å². The van der Waals surface area contributed by atoms with Crippen molar-refractivity contribution >= 4 is 39.7 Å². The SMILES string of the molecule is Cc1ccc(-c2cccc(C(=O)N3C[C@H]4CN5C(=O)[C@@H](NC(=O)OCC(C)(C)C)CCCCC/C=C\[C@H]6C[C@@]6(C(=O)NS(=O)(=O)C6CC6)NC(=O)[C@@H]5[C@H]4C3)n2)cc1. The summed E-state index contributed by atoms with van der Waals surface area (Å²) in [7, 11) is -3.91. The van der Waals surface area contributed by atoms with E-state index in [0.717, 1.165) is 24.0 Å². The van der Waals surface area contributed by atoms with Crippen LogP contribution in [0.3, 0.4) is 0 Å². The zero-order valence-electron chi connectivity index (χ0n) is 33.2. The number of allylic oxidation sites excluding steroid dienone is 1. The third kappa shape index (κ3) is 9.03. The monoisotopic (exact) mass is 802 g/mol. The summed E-state index contributed by atoms with van der Waals surface area (Å²) in [6.45, 7) is 8.46. The zero-order valence-corrected chi connectivity index (χ0v) is 34.0. The molecule has 3 aliphatic heterocycles. The molecular formula is C42H54N6O8S. The van der Waals surface area contributed by atoms with Crippen molar-refractivity contribution < 1.29 is 37.1 Å². The Morgan fingerprint density at radius 3 is 2.46 bits per heavy atom. The van der Waals surface area contributed by atoms with Crippen LogP contribution in [0.15, 0.2) is 54.6 Å². The summed E-state index contributed by atoms with van der Waals surface area (Å²) >= 11 is 0. The van der Waals surface area contributed by atoms with E-state index in [-0.39, 0.29) is 55.6 Å². The van der Waals surface area contributed by atoms with Gasteiger partial charge in [-0.3, -0.25) is 23.9 Å². The van der Waals surface area contributed by atoms with E-state index in [9.17, 15) is 32.4 Å². The zero-order chi connectivity index (χ0) is 40.7. The molecule has 6 atom stereocenters. The normalized spacial score (nSPS) is 28.5. The lowest BCUT2D eigenvalue weighted by Gasteiger charge is -2.33. The smallest absolute Gasteiger partial charge is 0.407 e. The molecule has 0 radical (unpaired) electrons. The molecular weight excluding hydrogens is 749 g/mol.